The molecule has 0 bridgehead atoms. The van der Waals surface area contributed by atoms with Crippen LogP contribution in [0.25, 0.3) is 0 Å². The van der Waals surface area contributed by atoms with Crippen LogP contribution in [0.5, 0.6) is 0 Å². The van der Waals surface area contributed by atoms with Gasteiger partial charge in [-0.05, 0) is 16.9 Å². The number of hydrogen-bond donors (Lipinski definition) is 2. The molecule has 100 valence electrons. The molecule has 0 aromatic carbocycles. The van der Waals surface area contributed by atoms with Crippen molar-refractivity contribution in [2.24, 2.45) is 4.99 Å². The van der Waals surface area contributed by atoms with Crippen molar-refractivity contribution in [3.05, 3.63) is 34.0 Å². The number of aliphatic carboxylic acids is 2. The number of hydrogen-bond acceptors (Lipinski definition) is 6. The van der Waals surface area contributed by atoms with Crippen LogP contribution in [0.3, 0.4) is 0 Å². The number of amidine groups is 1. The highest BCUT2D eigenvalue weighted by atomic mass is 32.2. The Hall–Kier alpha value is -1.80. The fourth-order valence-corrected chi connectivity index (χ4v) is 3.08. The molecule has 0 amide bonds. The molecular formula is C11H10N2O4S2. The quantitative estimate of drug-likeness (QED) is 0.769. The van der Waals surface area contributed by atoms with Crippen molar-refractivity contribution in [1.82, 2.24) is 4.90 Å². The summed E-state index contributed by atoms with van der Waals surface area (Å²) in [6.45, 7) is 1.01. The molecule has 2 aliphatic rings. The van der Waals surface area contributed by atoms with Gasteiger partial charge in [-0.1, -0.05) is 17.8 Å². The summed E-state index contributed by atoms with van der Waals surface area (Å²) in [6, 6.07) is 4.62. The van der Waals surface area contributed by atoms with E-state index in [1.165, 1.54) is 4.88 Å². The van der Waals surface area contributed by atoms with E-state index in [1.807, 2.05) is 0 Å². The number of fused-ring (bicyclic) bond motifs is 1. The maximum absolute atomic E-state index is 9.10. The zero-order chi connectivity index (χ0) is 13.8. The van der Waals surface area contributed by atoms with Crippen LogP contribution >= 0.6 is 23.1 Å². The summed E-state index contributed by atoms with van der Waals surface area (Å²) in [5, 5.41) is 20.1. The molecule has 0 saturated heterocycles. The van der Waals surface area contributed by atoms with E-state index in [9.17, 15) is 0 Å². The predicted molar refractivity (Wildman–Crippen MR) is 73.2 cm³/mol. The molecule has 19 heavy (non-hydrogen) atoms. The molecule has 0 unspecified atom stereocenters. The number of carbonyl (C=O) groups is 2. The zero-order valence-corrected chi connectivity index (χ0v) is 11.2. The van der Waals surface area contributed by atoms with Gasteiger partial charge in [0.05, 0.1) is 6.54 Å². The van der Waals surface area contributed by atoms with Crippen LogP contribution in [0.15, 0.2) is 34.1 Å². The summed E-state index contributed by atoms with van der Waals surface area (Å²) in [6.07, 6.45) is 2.11. The van der Waals surface area contributed by atoms with Crippen LogP contribution in [0.4, 0.5) is 0 Å². The highest BCUT2D eigenvalue weighted by molar-refractivity contribution is 8.16. The molecule has 0 saturated carbocycles. The summed E-state index contributed by atoms with van der Waals surface area (Å²) < 4.78 is 0. The van der Waals surface area contributed by atoms with Crippen LogP contribution < -0.4 is 0 Å². The van der Waals surface area contributed by atoms with Crippen LogP contribution in [-0.2, 0) is 9.59 Å². The van der Waals surface area contributed by atoms with Gasteiger partial charge in [0, 0.05) is 11.1 Å². The molecule has 3 heterocycles. The van der Waals surface area contributed by atoms with Gasteiger partial charge in [-0.25, -0.2) is 9.59 Å². The maximum atomic E-state index is 9.10. The number of nitrogens with zero attached hydrogens (tertiary/aromatic N) is 2. The summed E-state index contributed by atoms with van der Waals surface area (Å²) in [4.78, 5) is 26.4. The molecule has 1 atom stereocenters. The first kappa shape index (κ1) is 13.6. The van der Waals surface area contributed by atoms with E-state index in [0.717, 1.165) is 11.7 Å². The minimum atomic E-state index is -1.82. The second kappa shape index (κ2) is 5.89. The van der Waals surface area contributed by atoms with E-state index in [0.29, 0.717) is 6.04 Å². The van der Waals surface area contributed by atoms with Crippen molar-refractivity contribution in [2.75, 3.05) is 6.54 Å². The van der Waals surface area contributed by atoms with Gasteiger partial charge in [0.1, 0.15) is 6.04 Å². The third kappa shape index (κ3) is 3.36. The summed E-state index contributed by atoms with van der Waals surface area (Å²) in [7, 11) is 0. The lowest BCUT2D eigenvalue weighted by atomic mass is 10.2. The average Bonchev–Trinajstić information content (AvgIpc) is 3.05. The molecule has 0 radical (unpaired) electrons. The Kier molecular flexibility index (Phi) is 4.23. The maximum Gasteiger partial charge on any atom is 0.414 e. The molecule has 3 rings (SSSR count). The molecule has 2 aliphatic heterocycles. The minimum Gasteiger partial charge on any atom is -0.473 e. The van der Waals surface area contributed by atoms with Gasteiger partial charge in [-0.15, -0.1) is 11.3 Å². The first-order valence-corrected chi connectivity index (χ1v) is 7.01. The van der Waals surface area contributed by atoms with Gasteiger partial charge in [0.2, 0.25) is 0 Å². The highest BCUT2D eigenvalue weighted by Gasteiger charge is 2.27. The first-order chi connectivity index (χ1) is 9.08. The van der Waals surface area contributed by atoms with Gasteiger partial charge in [-0.2, -0.15) is 0 Å². The molecule has 0 spiro atoms. The van der Waals surface area contributed by atoms with Gasteiger partial charge < -0.3 is 15.1 Å². The number of aliphatic imine (C=N–C) groups is 1. The second-order valence-electron chi connectivity index (χ2n) is 3.61. The van der Waals surface area contributed by atoms with E-state index in [1.54, 1.807) is 23.1 Å². The van der Waals surface area contributed by atoms with Crippen molar-refractivity contribution >= 4 is 40.2 Å². The lowest BCUT2D eigenvalue weighted by molar-refractivity contribution is -0.159. The molecule has 2 N–H and O–H groups in total. The van der Waals surface area contributed by atoms with E-state index in [-0.39, 0.29) is 0 Å². The molecule has 0 fully saturated rings. The molecule has 0 aliphatic carbocycles. The van der Waals surface area contributed by atoms with Gasteiger partial charge in [0.25, 0.3) is 0 Å². The van der Waals surface area contributed by atoms with Crippen LogP contribution in [0, 0.1) is 0 Å². The number of thiophene rings is 1. The van der Waals surface area contributed by atoms with Crippen LogP contribution in [-0.4, -0.2) is 38.8 Å². The van der Waals surface area contributed by atoms with Crippen molar-refractivity contribution in [3.63, 3.8) is 0 Å². The van der Waals surface area contributed by atoms with Crippen molar-refractivity contribution in [3.8, 4) is 0 Å². The molecular weight excluding hydrogens is 288 g/mol. The fourth-order valence-electron chi connectivity index (χ4n) is 1.53. The van der Waals surface area contributed by atoms with E-state index in [2.05, 4.69) is 39.0 Å². The average molecular weight is 298 g/mol. The lowest BCUT2D eigenvalue weighted by Gasteiger charge is -2.08. The number of thioether (sulfide) groups is 1. The van der Waals surface area contributed by atoms with Gasteiger partial charge in [0.15, 0.2) is 5.17 Å². The SMILES string of the molecule is C1=CN2C[C@@H](c3cccs3)N=C2S1.O=C(O)C(=O)O. The monoisotopic (exact) mass is 298 g/mol. The Bertz CT molecular complexity index is 527. The number of carboxylic acid groups (broad SMARTS) is 2. The largest absolute Gasteiger partial charge is 0.473 e. The Morgan fingerprint density at radius 2 is 2.11 bits per heavy atom. The Balaban J connectivity index is 0.000000192. The Morgan fingerprint density at radius 3 is 2.63 bits per heavy atom. The number of carboxylic acids is 2. The van der Waals surface area contributed by atoms with E-state index in [4.69, 9.17) is 19.8 Å². The molecule has 6 nitrogen and oxygen atoms in total. The highest BCUT2D eigenvalue weighted by Crippen LogP contribution is 2.34. The summed E-state index contributed by atoms with van der Waals surface area (Å²) in [5.41, 5.74) is 0. The Morgan fingerprint density at radius 1 is 1.37 bits per heavy atom. The lowest BCUT2D eigenvalue weighted by Crippen LogP contribution is -2.15. The first-order valence-electron chi connectivity index (χ1n) is 5.25. The fraction of sp³-hybridized carbons (Fsp3) is 0.182. The van der Waals surface area contributed by atoms with Gasteiger partial charge in [-0.3, -0.25) is 4.99 Å². The third-order valence-corrected chi connectivity index (χ3v) is 4.13. The standard InChI is InChI=1S/C9H8N2S2.C2H2O4/c1-2-8(12-4-1)7-6-11-3-5-13-9(11)10-7;3-1(4)2(5)6/h1-5,7H,6H2;(H,3,4)(H,5,6)/t7-;/m0./s1. The Labute approximate surface area is 117 Å². The smallest absolute Gasteiger partial charge is 0.414 e. The minimum absolute atomic E-state index is 0.368. The van der Waals surface area contributed by atoms with Crippen molar-refractivity contribution in [2.45, 2.75) is 6.04 Å². The van der Waals surface area contributed by atoms with E-state index < -0.39 is 11.9 Å². The topological polar surface area (TPSA) is 90.2 Å². The summed E-state index contributed by atoms with van der Waals surface area (Å²) in [5.74, 6) is -3.65. The van der Waals surface area contributed by atoms with Gasteiger partial charge >= 0.3 is 11.9 Å². The molecule has 1 aromatic heterocycles. The van der Waals surface area contributed by atoms with E-state index >= 15 is 0 Å². The molecule has 8 heteroatoms. The summed E-state index contributed by atoms with van der Waals surface area (Å²) >= 11 is 3.51. The van der Waals surface area contributed by atoms with Crippen LogP contribution in [0.1, 0.15) is 10.9 Å². The number of rotatable bonds is 1. The second-order valence-corrected chi connectivity index (χ2v) is 5.46. The van der Waals surface area contributed by atoms with Crippen molar-refractivity contribution < 1.29 is 19.8 Å². The normalized spacial score (nSPS) is 19.5. The molecule has 1 aromatic rings. The third-order valence-electron chi connectivity index (χ3n) is 2.35. The van der Waals surface area contributed by atoms with Crippen LogP contribution in [0.2, 0.25) is 0 Å². The predicted octanol–water partition coefficient (Wildman–Crippen LogP) is 1.83. The zero-order valence-electron chi connectivity index (χ0n) is 9.59. The van der Waals surface area contributed by atoms with Crippen molar-refractivity contribution in [1.29, 1.82) is 0 Å².